The van der Waals surface area contributed by atoms with Crippen LogP contribution in [0.5, 0.6) is 0 Å². The molecule has 0 aliphatic carbocycles. The van der Waals surface area contributed by atoms with E-state index in [1.54, 1.807) is 0 Å². The van der Waals surface area contributed by atoms with Crippen molar-refractivity contribution in [1.29, 1.82) is 0 Å². The molecule has 1 aliphatic rings. The summed E-state index contributed by atoms with van der Waals surface area (Å²) >= 11 is 0. The highest BCUT2D eigenvalue weighted by molar-refractivity contribution is 5.92. The molecule has 1 saturated heterocycles. The van der Waals surface area contributed by atoms with E-state index in [0.717, 1.165) is 0 Å². The third-order valence-corrected chi connectivity index (χ3v) is 0.940. The van der Waals surface area contributed by atoms with Gasteiger partial charge in [-0.1, -0.05) is 0 Å². The van der Waals surface area contributed by atoms with E-state index in [1.165, 1.54) is 0 Å². The molecule has 1 fully saturated rings. The highest BCUT2D eigenvalue weighted by Gasteiger charge is 2.27. The number of hydrogen-bond acceptors (Lipinski definition) is 4. The normalized spacial score (nSPS) is 20.1. The van der Waals surface area contributed by atoms with Crippen molar-refractivity contribution in [3.63, 3.8) is 0 Å². The summed E-state index contributed by atoms with van der Waals surface area (Å²) in [6, 6.07) is 0. The summed E-state index contributed by atoms with van der Waals surface area (Å²) in [6.45, 7) is -0.989. The van der Waals surface area contributed by atoms with Gasteiger partial charge in [-0.25, -0.2) is 4.39 Å². The quantitative estimate of drug-likeness (QED) is 0.380. The Labute approximate surface area is 55.9 Å². The van der Waals surface area contributed by atoms with E-state index in [4.69, 9.17) is 0 Å². The predicted octanol–water partition coefficient (Wildman–Crippen LogP) is -0.228. The lowest BCUT2D eigenvalue weighted by atomic mass is 10.4. The first-order valence-corrected chi connectivity index (χ1v) is 2.67. The SMILES string of the molecule is O=C1CC(=O)OC(CF)O1. The number of alkyl halides is 1. The first-order chi connectivity index (χ1) is 4.72. The van der Waals surface area contributed by atoms with Crippen LogP contribution in [0.2, 0.25) is 0 Å². The van der Waals surface area contributed by atoms with E-state index in [-0.39, 0.29) is 0 Å². The third kappa shape index (κ3) is 1.43. The van der Waals surface area contributed by atoms with Crippen molar-refractivity contribution in [2.24, 2.45) is 0 Å². The number of cyclic esters (lactones) is 2. The average Bonchev–Trinajstić information content (AvgIpc) is 1.85. The standard InChI is InChI=1S/C5H5FO4/c6-2-5-9-3(7)1-4(8)10-5/h5H,1-2H2. The molecule has 56 valence electrons. The molecule has 0 amide bonds. The lowest BCUT2D eigenvalue weighted by Crippen LogP contribution is -2.33. The molecule has 0 aromatic heterocycles. The lowest BCUT2D eigenvalue weighted by molar-refractivity contribution is -0.205. The average molecular weight is 148 g/mol. The monoisotopic (exact) mass is 148 g/mol. The van der Waals surface area contributed by atoms with Crippen LogP contribution in [-0.2, 0) is 19.1 Å². The van der Waals surface area contributed by atoms with Crippen molar-refractivity contribution in [2.45, 2.75) is 12.7 Å². The minimum atomic E-state index is -1.33. The summed E-state index contributed by atoms with van der Waals surface area (Å²) in [5.74, 6) is -1.47. The molecule has 4 nitrogen and oxygen atoms in total. The topological polar surface area (TPSA) is 52.6 Å². The lowest BCUT2D eigenvalue weighted by Gasteiger charge is -2.18. The molecular formula is C5H5FO4. The molecule has 1 rings (SSSR count). The van der Waals surface area contributed by atoms with E-state index in [0.29, 0.717) is 0 Å². The molecule has 5 heteroatoms. The Morgan fingerprint density at radius 2 is 1.90 bits per heavy atom. The summed E-state index contributed by atoms with van der Waals surface area (Å²) < 4.78 is 20.2. The van der Waals surface area contributed by atoms with Gasteiger partial charge in [0.2, 0.25) is 0 Å². The van der Waals surface area contributed by atoms with Gasteiger partial charge in [0, 0.05) is 0 Å². The Bertz CT molecular complexity index is 151. The summed E-state index contributed by atoms with van der Waals surface area (Å²) in [5.41, 5.74) is 0. The van der Waals surface area contributed by atoms with Gasteiger partial charge in [0.1, 0.15) is 6.42 Å². The highest BCUT2D eigenvalue weighted by Crippen LogP contribution is 2.07. The van der Waals surface area contributed by atoms with Crippen molar-refractivity contribution in [1.82, 2.24) is 0 Å². The maximum absolute atomic E-state index is 11.7. The van der Waals surface area contributed by atoms with E-state index in [9.17, 15) is 14.0 Å². The van der Waals surface area contributed by atoms with Gasteiger partial charge >= 0.3 is 11.9 Å². The van der Waals surface area contributed by atoms with Gasteiger partial charge in [-0.3, -0.25) is 9.59 Å². The van der Waals surface area contributed by atoms with E-state index >= 15 is 0 Å². The molecule has 0 aromatic rings. The van der Waals surface area contributed by atoms with Gasteiger partial charge in [-0.2, -0.15) is 0 Å². The van der Waals surface area contributed by atoms with Crippen LogP contribution in [0.1, 0.15) is 6.42 Å². The molecule has 0 spiro atoms. The van der Waals surface area contributed by atoms with Crippen LogP contribution >= 0.6 is 0 Å². The fourth-order valence-corrected chi connectivity index (χ4v) is 0.581. The Balaban J connectivity index is 2.50. The van der Waals surface area contributed by atoms with Crippen molar-refractivity contribution < 1.29 is 23.5 Å². The van der Waals surface area contributed by atoms with Gasteiger partial charge in [0.05, 0.1) is 0 Å². The second-order valence-corrected chi connectivity index (χ2v) is 1.74. The second kappa shape index (κ2) is 2.64. The largest absolute Gasteiger partial charge is 0.422 e. The highest BCUT2D eigenvalue weighted by atomic mass is 19.1. The molecule has 1 aliphatic heterocycles. The molecule has 0 N–H and O–H groups in total. The molecule has 0 radical (unpaired) electrons. The van der Waals surface area contributed by atoms with Gasteiger partial charge in [-0.05, 0) is 0 Å². The van der Waals surface area contributed by atoms with Gasteiger partial charge in [0.25, 0.3) is 6.29 Å². The van der Waals surface area contributed by atoms with Crippen LogP contribution in [0.25, 0.3) is 0 Å². The van der Waals surface area contributed by atoms with Crippen molar-refractivity contribution >= 4 is 11.9 Å². The maximum atomic E-state index is 11.7. The molecule has 0 saturated carbocycles. The maximum Gasteiger partial charge on any atom is 0.320 e. The Morgan fingerprint density at radius 3 is 2.30 bits per heavy atom. The number of rotatable bonds is 1. The van der Waals surface area contributed by atoms with Crippen molar-refractivity contribution in [2.75, 3.05) is 6.67 Å². The van der Waals surface area contributed by atoms with Crippen LogP contribution < -0.4 is 0 Å². The van der Waals surface area contributed by atoms with Gasteiger partial charge in [-0.15, -0.1) is 0 Å². The summed E-state index contributed by atoms with van der Waals surface area (Å²) in [5, 5.41) is 0. The van der Waals surface area contributed by atoms with E-state index in [2.05, 4.69) is 9.47 Å². The van der Waals surface area contributed by atoms with Crippen molar-refractivity contribution in [3.8, 4) is 0 Å². The molecule has 10 heavy (non-hydrogen) atoms. The first-order valence-electron chi connectivity index (χ1n) is 2.67. The second-order valence-electron chi connectivity index (χ2n) is 1.74. The van der Waals surface area contributed by atoms with Crippen LogP contribution in [0, 0.1) is 0 Å². The number of esters is 2. The van der Waals surface area contributed by atoms with Gasteiger partial charge < -0.3 is 9.47 Å². The van der Waals surface area contributed by atoms with Gasteiger partial charge in [0.15, 0.2) is 6.67 Å². The third-order valence-electron chi connectivity index (χ3n) is 0.940. The Hall–Kier alpha value is -1.13. The summed E-state index contributed by atoms with van der Waals surface area (Å²) in [4.78, 5) is 20.7. The zero-order chi connectivity index (χ0) is 7.56. The Kier molecular flexibility index (Phi) is 1.84. The van der Waals surface area contributed by atoms with E-state index < -0.39 is 31.3 Å². The zero-order valence-corrected chi connectivity index (χ0v) is 5.00. The molecule has 0 unspecified atom stereocenters. The zero-order valence-electron chi connectivity index (χ0n) is 5.00. The Morgan fingerprint density at radius 1 is 1.40 bits per heavy atom. The number of ether oxygens (including phenoxy) is 2. The van der Waals surface area contributed by atoms with Crippen LogP contribution in [0.3, 0.4) is 0 Å². The minimum absolute atomic E-state index is 0.420. The molecule has 1 heterocycles. The fourth-order valence-electron chi connectivity index (χ4n) is 0.581. The first kappa shape index (κ1) is 6.98. The predicted molar refractivity (Wildman–Crippen MR) is 26.6 cm³/mol. The number of carbonyl (C=O) groups is 2. The number of carbonyl (C=O) groups excluding carboxylic acids is 2. The molecular weight excluding hydrogens is 143 g/mol. The summed E-state index contributed by atoms with van der Waals surface area (Å²) in [7, 11) is 0. The van der Waals surface area contributed by atoms with E-state index in [1.807, 2.05) is 0 Å². The van der Waals surface area contributed by atoms with Crippen molar-refractivity contribution in [3.05, 3.63) is 0 Å². The number of halogens is 1. The smallest absolute Gasteiger partial charge is 0.320 e. The molecule has 0 bridgehead atoms. The molecule has 0 aromatic carbocycles. The molecule has 0 atom stereocenters. The summed E-state index contributed by atoms with van der Waals surface area (Å²) in [6.07, 6.45) is -1.75. The minimum Gasteiger partial charge on any atom is -0.422 e. The van der Waals surface area contributed by atoms with Crippen LogP contribution in [0.15, 0.2) is 0 Å². The van der Waals surface area contributed by atoms with Crippen LogP contribution in [0.4, 0.5) is 4.39 Å². The fraction of sp³-hybridized carbons (Fsp3) is 0.600. The van der Waals surface area contributed by atoms with Crippen LogP contribution in [-0.4, -0.2) is 24.9 Å². The number of hydrogen-bond donors (Lipinski definition) is 0.